The van der Waals surface area contributed by atoms with Crippen LogP contribution >= 0.6 is 0 Å². The maximum absolute atomic E-state index is 8.31. The smallest absolute Gasteiger partial charge is 0.103 e. The van der Waals surface area contributed by atoms with Gasteiger partial charge in [0.15, 0.2) is 0 Å². The molecule has 0 aliphatic carbocycles. The molecule has 0 spiro atoms. The van der Waals surface area contributed by atoms with Crippen LogP contribution in [0.1, 0.15) is 20.8 Å². The normalized spacial score (nSPS) is 14.0. The number of oxime groups is 1. The van der Waals surface area contributed by atoms with Crippen molar-refractivity contribution >= 4 is 5.71 Å². The van der Waals surface area contributed by atoms with Crippen LogP contribution in [0.25, 0.3) is 0 Å². The minimum atomic E-state index is -0.450. The summed E-state index contributed by atoms with van der Waals surface area (Å²) in [6.45, 7) is 5.38. The van der Waals surface area contributed by atoms with Crippen molar-refractivity contribution in [1.82, 2.24) is 0 Å². The Morgan fingerprint density at radius 3 is 2.11 bits per heavy atom. The second-order valence-electron chi connectivity index (χ2n) is 2.40. The third kappa shape index (κ3) is 2.01. The molecule has 3 nitrogen and oxygen atoms in total. The zero-order chi connectivity index (χ0) is 7.49. The first-order chi connectivity index (χ1) is 4.04. The van der Waals surface area contributed by atoms with Crippen molar-refractivity contribution in [2.45, 2.75) is 26.4 Å². The molecule has 0 radical (unpaired) electrons. The van der Waals surface area contributed by atoms with Crippen LogP contribution < -0.4 is 0 Å². The number of ether oxygens (including phenoxy) is 1. The molecule has 0 atom stereocenters. The fourth-order valence-electron chi connectivity index (χ4n) is 0.268. The number of methoxy groups -OCH3 is 1. The van der Waals surface area contributed by atoms with Crippen molar-refractivity contribution in [3.63, 3.8) is 0 Å². The van der Waals surface area contributed by atoms with E-state index in [-0.39, 0.29) is 0 Å². The molecular weight excluding hydrogens is 118 g/mol. The van der Waals surface area contributed by atoms with E-state index >= 15 is 0 Å². The van der Waals surface area contributed by atoms with Gasteiger partial charge in [-0.05, 0) is 20.8 Å². The van der Waals surface area contributed by atoms with E-state index in [0.29, 0.717) is 5.71 Å². The highest BCUT2D eigenvalue weighted by atomic mass is 16.5. The van der Waals surface area contributed by atoms with Crippen LogP contribution in [0.3, 0.4) is 0 Å². The second kappa shape index (κ2) is 2.82. The quantitative estimate of drug-likeness (QED) is 0.348. The Bertz CT molecular complexity index is 118. The largest absolute Gasteiger partial charge is 0.411 e. The monoisotopic (exact) mass is 131 g/mol. The molecule has 0 rings (SSSR count). The first kappa shape index (κ1) is 8.43. The molecule has 0 bridgehead atoms. The fourth-order valence-corrected chi connectivity index (χ4v) is 0.268. The van der Waals surface area contributed by atoms with Crippen molar-refractivity contribution in [3.8, 4) is 0 Å². The molecule has 0 aromatic rings. The molecular formula is C6H13NO2. The lowest BCUT2D eigenvalue weighted by molar-refractivity contribution is 0.0790. The third-order valence-corrected chi connectivity index (χ3v) is 1.53. The van der Waals surface area contributed by atoms with E-state index in [1.54, 1.807) is 14.0 Å². The molecule has 0 saturated carbocycles. The zero-order valence-corrected chi connectivity index (χ0v) is 6.30. The third-order valence-electron chi connectivity index (χ3n) is 1.53. The molecule has 0 fully saturated rings. The minimum Gasteiger partial charge on any atom is -0.411 e. The van der Waals surface area contributed by atoms with E-state index in [9.17, 15) is 0 Å². The van der Waals surface area contributed by atoms with E-state index in [0.717, 1.165) is 0 Å². The lowest BCUT2D eigenvalue weighted by Gasteiger charge is -2.20. The Labute approximate surface area is 55.3 Å². The highest BCUT2D eigenvalue weighted by Gasteiger charge is 2.20. The van der Waals surface area contributed by atoms with Gasteiger partial charge in [0.05, 0.1) is 5.71 Å². The summed E-state index contributed by atoms with van der Waals surface area (Å²) in [6.07, 6.45) is 0. The first-order valence-electron chi connectivity index (χ1n) is 2.79. The number of nitrogens with zero attached hydrogens (tertiary/aromatic N) is 1. The SMILES string of the molecule is COC(C)(C)C(C)=NO. The number of rotatable bonds is 2. The van der Waals surface area contributed by atoms with E-state index in [4.69, 9.17) is 9.94 Å². The van der Waals surface area contributed by atoms with Gasteiger partial charge in [0, 0.05) is 7.11 Å². The molecule has 9 heavy (non-hydrogen) atoms. The highest BCUT2D eigenvalue weighted by molar-refractivity contribution is 5.89. The van der Waals surface area contributed by atoms with E-state index in [1.165, 1.54) is 0 Å². The van der Waals surface area contributed by atoms with Crippen LogP contribution in [0, 0.1) is 0 Å². The van der Waals surface area contributed by atoms with Gasteiger partial charge in [-0.1, -0.05) is 5.16 Å². The average molecular weight is 131 g/mol. The van der Waals surface area contributed by atoms with Gasteiger partial charge >= 0.3 is 0 Å². The summed E-state index contributed by atoms with van der Waals surface area (Å²) in [7, 11) is 1.58. The van der Waals surface area contributed by atoms with Crippen LogP contribution in [-0.2, 0) is 4.74 Å². The van der Waals surface area contributed by atoms with Gasteiger partial charge < -0.3 is 9.94 Å². The molecule has 3 heteroatoms. The average Bonchev–Trinajstić information content (AvgIpc) is 1.86. The van der Waals surface area contributed by atoms with Crippen LogP contribution in [0.5, 0.6) is 0 Å². The summed E-state index contributed by atoms with van der Waals surface area (Å²) in [4.78, 5) is 0. The first-order valence-corrected chi connectivity index (χ1v) is 2.79. The molecule has 0 saturated heterocycles. The molecule has 1 N–H and O–H groups in total. The summed E-state index contributed by atoms with van der Waals surface area (Å²) < 4.78 is 5.00. The van der Waals surface area contributed by atoms with Gasteiger partial charge in [-0.15, -0.1) is 0 Å². The molecule has 0 amide bonds. The summed E-state index contributed by atoms with van der Waals surface area (Å²) in [6, 6.07) is 0. The summed E-state index contributed by atoms with van der Waals surface area (Å²) in [5, 5.41) is 11.3. The molecule has 0 aliphatic rings. The zero-order valence-electron chi connectivity index (χ0n) is 6.30. The maximum Gasteiger partial charge on any atom is 0.103 e. The topological polar surface area (TPSA) is 41.8 Å². The van der Waals surface area contributed by atoms with Gasteiger partial charge in [0.25, 0.3) is 0 Å². The summed E-state index contributed by atoms with van der Waals surface area (Å²) >= 11 is 0. The van der Waals surface area contributed by atoms with Gasteiger partial charge in [-0.25, -0.2) is 0 Å². The van der Waals surface area contributed by atoms with Gasteiger partial charge in [0.2, 0.25) is 0 Å². The summed E-state index contributed by atoms with van der Waals surface area (Å²) in [5.74, 6) is 0. The molecule has 0 heterocycles. The molecule has 0 aliphatic heterocycles. The van der Waals surface area contributed by atoms with Crippen LogP contribution in [0.4, 0.5) is 0 Å². The number of hydrogen-bond donors (Lipinski definition) is 1. The lowest BCUT2D eigenvalue weighted by atomic mass is 10.1. The van der Waals surface area contributed by atoms with Gasteiger partial charge in [0.1, 0.15) is 5.60 Å². The molecule has 0 aromatic carbocycles. The maximum atomic E-state index is 8.31. The fraction of sp³-hybridized carbons (Fsp3) is 0.833. The van der Waals surface area contributed by atoms with Crippen molar-refractivity contribution in [3.05, 3.63) is 0 Å². The Kier molecular flexibility index (Phi) is 2.65. The van der Waals surface area contributed by atoms with E-state index in [1.807, 2.05) is 13.8 Å². The van der Waals surface area contributed by atoms with Crippen LogP contribution in [0.2, 0.25) is 0 Å². The van der Waals surface area contributed by atoms with Crippen molar-refractivity contribution in [2.24, 2.45) is 5.16 Å². The molecule has 0 aromatic heterocycles. The minimum absolute atomic E-state index is 0.450. The Hall–Kier alpha value is -0.570. The summed E-state index contributed by atoms with van der Waals surface area (Å²) in [5.41, 5.74) is 0.124. The van der Waals surface area contributed by atoms with Gasteiger partial charge in [-0.3, -0.25) is 0 Å². The standard InChI is InChI=1S/C6H13NO2/c1-5(7-8)6(2,3)9-4/h8H,1-4H3. The van der Waals surface area contributed by atoms with Crippen molar-refractivity contribution < 1.29 is 9.94 Å². The van der Waals surface area contributed by atoms with Gasteiger partial charge in [-0.2, -0.15) is 0 Å². The van der Waals surface area contributed by atoms with Crippen LogP contribution in [0.15, 0.2) is 5.16 Å². The number of hydrogen-bond acceptors (Lipinski definition) is 3. The van der Waals surface area contributed by atoms with E-state index < -0.39 is 5.60 Å². The molecule has 54 valence electrons. The molecule has 0 unspecified atom stereocenters. The van der Waals surface area contributed by atoms with E-state index in [2.05, 4.69) is 5.16 Å². The second-order valence-corrected chi connectivity index (χ2v) is 2.40. The van der Waals surface area contributed by atoms with Crippen molar-refractivity contribution in [1.29, 1.82) is 0 Å². The lowest BCUT2D eigenvalue weighted by Crippen LogP contribution is -2.31. The Morgan fingerprint density at radius 1 is 1.56 bits per heavy atom. The highest BCUT2D eigenvalue weighted by Crippen LogP contribution is 2.08. The Morgan fingerprint density at radius 2 is 2.00 bits per heavy atom. The predicted octanol–water partition coefficient (Wildman–Crippen LogP) is 1.26. The van der Waals surface area contributed by atoms with Crippen molar-refractivity contribution in [2.75, 3.05) is 7.11 Å². The van der Waals surface area contributed by atoms with Crippen LogP contribution in [-0.4, -0.2) is 23.6 Å². The predicted molar refractivity (Wildman–Crippen MR) is 36.0 cm³/mol. The Balaban J connectivity index is 4.14.